The zero-order valence-electron chi connectivity index (χ0n) is 22.8. The van der Waals surface area contributed by atoms with Gasteiger partial charge in [-0.2, -0.15) is 0 Å². The molecule has 1 amide bonds. The van der Waals surface area contributed by atoms with E-state index in [0.29, 0.717) is 38.7 Å². The van der Waals surface area contributed by atoms with Crippen LogP contribution in [0.1, 0.15) is 32.8 Å². The smallest absolute Gasteiger partial charge is 0.407 e. The number of morpholine rings is 1. The molecule has 0 spiro atoms. The summed E-state index contributed by atoms with van der Waals surface area (Å²) in [6.07, 6.45) is 1.94. The number of rotatable bonds is 10. The number of nitrogens with one attached hydrogen (secondary N) is 2. The Bertz CT molecular complexity index is 1220. The van der Waals surface area contributed by atoms with Crippen LogP contribution in [-0.2, 0) is 16.1 Å². The summed E-state index contributed by atoms with van der Waals surface area (Å²) in [5, 5.41) is 15.9. The highest BCUT2D eigenvalue weighted by Crippen LogP contribution is 2.27. The predicted octanol–water partition coefficient (Wildman–Crippen LogP) is 4.51. The maximum Gasteiger partial charge on any atom is 0.407 e. The van der Waals surface area contributed by atoms with Crippen LogP contribution in [0.15, 0.2) is 54.7 Å². The summed E-state index contributed by atoms with van der Waals surface area (Å²) in [6, 6.07) is 15.4. The molecular formula is C29H37N5O5. The molecule has 0 bridgehead atoms. The quantitative estimate of drug-likeness (QED) is 0.322. The molecule has 1 aliphatic rings. The van der Waals surface area contributed by atoms with Gasteiger partial charge in [-0.3, -0.25) is 0 Å². The van der Waals surface area contributed by atoms with Crippen molar-refractivity contribution in [1.29, 1.82) is 0 Å². The van der Waals surface area contributed by atoms with Crippen molar-refractivity contribution in [1.82, 2.24) is 15.3 Å². The number of benzene rings is 2. The lowest BCUT2D eigenvalue weighted by atomic mass is 10.1. The number of carbonyl (C=O) groups is 1. The van der Waals surface area contributed by atoms with Gasteiger partial charge < -0.3 is 34.9 Å². The number of nitrogens with zero attached hydrogens (tertiary/aromatic N) is 3. The molecule has 39 heavy (non-hydrogen) atoms. The highest BCUT2D eigenvalue weighted by molar-refractivity contribution is 5.67. The van der Waals surface area contributed by atoms with Crippen molar-refractivity contribution in [2.45, 2.75) is 39.4 Å². The van der Waals surface area contributed by atoms with Crippen LogP contribution in [0.5, 0.6) is 5.75 Å². The number of amides is 1. The number of anilines is 3. The normalized spacial score (nSPS) is 13.6. The van der Waals surface area contributed by atoms with Gasteiger partial charge in [-0.1, -0.05) is 0 Å². The van der Waals surface area contributed by atoms with E-state index < -0.39 is 11.7 Å². The molecule has 0 saturated carbocycles. The first-order chi connectivity index (χ1) is 18.8. The van der Waals surface area contributed by atoms with Gasteiger partial charge in [-0.15, -0.1) is 0 Å². The van der Waals surface area contributed by atoms with E-state index in [1.165, 1.54) is 0 Å². The van der Waals surface area contributed by atoms with E-state index in [1.807, 2.05) is 69.3 Å². The molecule has 1 aliphatic heterocycles. The van der Waals surface area contributed by atoms with Gasteiger partial charge in [0.05, 0.1) is 32.1 Å². The molecule has 2 heterocycles. The van der Waals surface area contributed by atoms with Crippen molar-refractivity contribution in [2.24, 2.45) is 0 Å². The Morgan fingerprint density at radius 2 is 1.87 bits per heavy atom. The van der Waals surface area contributed by atoms with E-state index >= 15 is 0 Å². The van der Waals surface area contributed by atoms with E-state index in [1.54, 1.807) is 6.20 Å². The number of hydrogen-bond acceptors (Lipinski definition) is 9. The standard InChI is InChI=1S/C29H37N5O5/c1-29(2,3)39-28(36)31-12-4-16-38-24-8-5-21(6-9-24)25-11-13-30-27(33-25)32-23-7-10-26(22(19-23)20-35)34-14-17-37-18-15-34/h5-11,13,19,35H,4,12,14-18,20H2,1-3H3,(H,31,36)(H,30,32,33). The van der Waals surface area contributed by atoms with Gasteiger partial charge in [0.1, 0.15) is 11.4 Å². The van der Waals surface area contributed by atoms with Crippen LogP contribution in [0.3, 0.4) is 0 Å². The maximum absolute atomic E-state index is 11.7. The average Bonchev–Trinajstić information content (AvgIpc) is 2.93. The second-order valence-corrected chi connectivity index (χ2v) is 10.1. The highest BCUT2D eigenvalue weighted by atomic mass is 16.6. The maximum atomic E-state index is 11.7. The molecule has 1 saturated heterocycles. The third kappa shape index (κ3) is 8.56. The van der Waals surface area contributed by atoms with E-state index in [-0.39, 0.29) is 6.61 Å². The lowest BCUT2D eigenvalue weighted by Crippen LogP contribution is -2.36. The number of hydrogen-bond donors (Lipinski definition) is 3. The zero-order chi connectivity index (χ0) is 27.7. The lowest BCUT2D eigenvalue weighted by Gasteiger charge is -2.30. The van der Waals surface area contributed by atoms with Gasteiger partial charge in [0, 0.05) is 48.3 Å². The third-order valence-corrected chi connectivity index (χ3v) is 5.92. The number of ether oxygens (including phenoxy) is 3. The minimum absolute atomic E-state index is 0.0578. The summed E-state index contributed by atoms with van der Waals surface area (Å²) in [5.41, 5.74) is 3.85. The Hall–Kier alpha value is -3.89. The van der Waals surface area contributed by atoms with Crippen molar-refractivity contribution in [3.8, 4) is 17.0 Å². The number of aromatic nitrogens is 2. The van der Waals surface area contributed by atoms with Gasteiger partial charge in [0.25, 0.3) is 0 Å². The molecule has 10 heteroatoms. The topological polar surface area (TPSA) is 118 Å². The van der Waals surface area contributed by atoms with Gasteiger partial charge in [0.15, 0.2) is 0 Å². The number of aliphatic hydroxyl groups is 1. The summed E-state index contributed by atoms with van der Waals surface area (Å²) in [4.78, 5) is 22.9. The minimum atomic E-state index is -0.513. The SMILES string of the molecule is CC(C)(C)OC(=O)NCCCOc1ccc(-c2ccnc(Nc3ccc(N4CCOCC4)c(CO)c3)n2)cc1. The van der Waals surface area contributed by atoms with Crippen molar-refractivity contribution in [3.63, 3.8) is 0 Å². The molecule has 1 aromatic heterocycles. The first kappa shape index (κ1) is 28.1. The Morgan fingerprint density at radius 1 is 1.10 bits per heavy atom. The minimum Gasteiger partial charge on any atom is -0.494 e. The molecule has 2 aromatic carbocycles. The molecule has 0 atom stereocenters. The largest absolute Gasteiger partial charge is 0.494 e. The van der Waals surface area contributed by atoms with Crippen LogP contribution in [-0.4, -0.2) is 66.2 Å². The fraction of sp³-hybridized carbons (Fsp3) is 0.414. The van der Waals surface area contributed by atoms with E-state index in [9.17, 15) is 9.90 Å². The Morgan fingerprint density at radius 3 is 2.59 bits per heavy atom. The Balaban J connectivity index is 1.30. The van der Waals surface area contributed by atoms with Crippen molar-refractivity contribution in [2.75, 3.05) is 49.7 Å². The molecule has 4 rings (SSSR count). The second kappa shape index (κ2) is 13.3. The summed E-state index contributed by atoms with van der Waals surface area (Å²) < 4.78 is 16.4. The fourth-order valence-corrected chi connectivity index (χ4v) is 4.10. The van der Waals surface area contributed by atoms with Crippen molar-refractivity contribution < 1.29 is 24.1 Å². The van der Waals surface area contributed by atoms with E-state index in [0.717, 1.165) is 47.0 Å². The first-order valence-corrected chi connectivity index (χ1v) is 13.2. The predicted molar refractivity (Wildman–Crippen MR) is 150 cm³/mol. The molecule has 1 fully saturated rings. The molecule has 208 valence electrons. The van der Waals surface area contributed by atoms with Gasteiger partial charge in [0.2, 0.25) is 5.95 Å². The molecule has 0 unspecified atom stereocenters. The summed E-state index contributed by atoms with van der Waals surface area (Å²) in [5.74, 6) is 1.20. The molecule has 3 N–H and O–H groups in total. The average molecular weight is 536 g/mol. The molecular weight excluding hydrogens is 498 g/mol. The number of carbonyl (C=O) groups excluding carboxylic acids is 1. The van der Waals surface area contributed by atoms with Crippen molar-refractivity contribution >= 4 is 23.4 Å². The molecule has 3 aromatic rings. The monoisotopic (exact) mass is 535 g/mol. The Kier molecular flexibility index (Phi) is 9.56. The molecule has 0 aliphatic carbocycles. The number of aliphatic hydroxyl groups excluding tert-OH is 1. The zero-order valence-corrected chi connectivity index (χ0v) is 22.8. The lowest BCUT2D eigenvalue weighted by molar-refractivity contribution is 0.0525. The van der Waals surface area contributed by atoms with Gasteiger partial charge >= 0.3 is 6.09 Å². The van der Waals surface area contributed by atoms with E-state index in [4.69, 9.17) is 14.2 Å². The second-order valence-electron chi connectivity index (χ2n) is 10.1. The van der Waals surface area contributed by atoms with Crippen molar-refractivity contribution in [3.05, 3.63) is 60.3 Å². The van der Waals surface area contributed by atoms with E-state index in [2.05, 4.69) is 25.5 Å². The van der Waals surface area contributed by atoms with Gasteiger partial charge in [-0.25, -0.2) is 14.8 Å². The summed E-state index contributed by atoms with van der Waals surface area (Å²) in [7, 11) is 0. The molecule has 0 radical (unpaired) electrons. The van der Waals surface area contributed by atoms with Crippen LogP contribution in [0, 0.1) is 0 Å². The number of alkyl carbamates (subject to hydrolysis) is 1. The van der Waals surface area contributed by atoms with Crippen LogP contribution in [0.25, 0.3) is 11.3 Å². The summed E-state index contributed by atoms with van der Waals surface area (Å²) >= 11 is 0. The van der Waals surface area contributed by atoms with Crippen LogP contribution >= 0.6 is 0 Å². The fourth-order valence-electron chi connectivity index (χ4n) is 4.10. The van der Waals surface area contributed by atoms with Crippen LogP contribution in [0.2, 0.25) is 0 Å². The van der Waals surface area contributed by atoms with Crippen LogP contribution in [0.4, 0.5) is 22.1 Å². The van der Waals surface area contributed by atoms with Crippen LogP contribution < -0.4 is 20.3 Å². The Labute approximate surface area is 229 Å². The first-order valence-electron chi connectivity index (χ1n) is 13.2. The summed E-state index contributed by atoms with van der Waals surface area (Å²) in [6.45, 7) is 9.36. The molecule has 10 nitrogen and oxygen atoms in total. The third-order valence-electron chi connectivity index (χ3n) is 5.92. The van der Waals surface area contributed by atoms with Gasteiger partial charge in [-0.05, 0) is 75.7 Å². The highest BCUT2D eigenvalue weighted by Gasteiger charge is 2.16.